The van der Waals surface area contributed by atoms with Crippen molar-refractivity contribution < 1.29 is 18.8 Å². The van der Waals surface area contributed by atoms with Crippen molar-refractivity contribution >= 4 is 13.5 Å². The highest BCUT2D eigenvalue weighted by Gasteiger charge is 2.28. The first-order chi connectivity index (χ1) is 4.65. The van der Waals surface area contributed by atoms with Crippen LogP contribution in [0.3, 0.4) is 0 Å². The molecule has 6 heteroatoms. The van der Waals surface area contributed by atoms with E-state index in [0.717, 1.165) is 6.66 Å². The van der Waals surface area contributed by atoms with Gasteiger partial charge in [-0.3, -0.25) is 4.79 Å². The average Bonchev–Trinajstić information content (AvgIpc) is 1.56. The second kappa shape index (κ2) is 2.93. The molecular weight excluding hydrogens is 169 g/mol. The summed E-state index contributed by atoms with van der Waals surface area (Å²) in [6, 6.07) is 0. The van der Waals surface area contributed by atoms with Crippen molar-refractivity contribution in [1.29, 1.82) is 0 Å². The molecule has 0 aliphatic rings. The maximum absolute atomic E-state index is 10.5. The molecular formula is C5H11NO4P-. The fraction of sp³-hybridized carbons (Fsp3) is 0.800. The van der Waals surface area contributed by atoms with E-state index in [2.05, 4.69) is 4.52 Å². The quantitative estimate of drug-likeness (QED) is 0.589. The average molecular weight is 180 g/mol. The fourth-order valence-corrected chi connectivity index (χ4v) is 1.38. The lowest BCUT2D eigenvalue weighted by Crippen LogP contribution is -2.40. The molecule has 0 bridgehead atoms. The van der Waals surface area contributed by atoms with Gasteiger partial charge in [-0.2, -0.15) is 0 Å². The summed E-state index contributed by atoms with van der Waals surface area (Å²) >= 11 is 0. The van der Waals surface area contributed by atoms with Gasteiger partial charge in [0.2, 0.25) is 5.91 Å². The van der Waals surface area contributed by atoms with Gasteiger partial charge in [-0.25, -0.2) is 0 Å². The molecule has 0 spiro atoms. The summed E-state index contributed by atoms with van der Waals surface area (Å²) in [4.78, 5) is 21.1. The van der Waals surface area contributed by atoms with E-state index in [1.807, 2.05) is 0 Å². The second-order valence-corrected chi connectivity index (χ2v) is 4.46. The zero-order valence-corrected chi connectivity index (χ0v) is 7.55. The van der Waals surface area contributed by atoms with E-state index in [4.69, 9.17) is 5.73 Å². The first kappa shape index (κ1) is 10.6. The third-order valence-corrected chi connectivity index (χ3v) is 1.78. The lowest BCUT2D eigenvalue weighted by atomic mass is 10.1. The van der Waals surface area contributed by atoms with Crippen molar-refractivity contribution in [2.75, 3.05) is 6.66 Å². The first-order valence-corrected chi connectivity index (χ1v) is 4.93. The third-order valence-electron chi connectivity index (χ3n) is 0.987. The van der Waals surface area contributed by atoms with Gasteiger partial charge in [0.05, 0.1) is 0 Å². The summed E-state index contributed by atoms with van der Waals surface area (Å²) in [5.41, 5.74) is 3.40. The van der Waals surface area contributed by atoms with Crippen LogP contribution in [0.5, 0.6) is 0 Å². The number of carbonyl (C=O) groups is 1. The molecule has 0 aromatic carbocycles. The third kappa shape index (κ3) is 4.14. The molecule has 0 saturated heterocycles. The van der Waals surface area contributed by atoms with E-state index in [1.54, 1.807) is 0 Å². The highest BCUT2D eigenvalue weighted by atomic mass is 31.2. The van der Waals surface area contributed by atoms with Gasteiger partial charge in [-0.05, 0) is 13.8 Å². The number of primary amides is 1. The molecule has 0 rings (SSSR count). The normalized spacial score (nSPS) is 17.5. The molecule has 0 fully saturated rings. The zero-order chi connectivity index (χ0) is 9.28. The van der Waals surface area contributed by atoms with Crippen LogP contribution in [0, 0.1) is 0 Å². The maximum Gasteiger partial charge on any atom is 0.249 e. The summed E-state index contributed by atoms with van der Waals surface area (Å²) in [6.45, 7) is 3.48. The van der Waals surface area contributed by atoms with Gasteiger partial charge < -0.3 is 19.7 Å². The van der Waals surface area contributed by atoms with Crippen LogP contribution in [-0.2, 0) is 13.9 Å². The summed E-state index contributed by atoms with van der Waals surface area (Å²) in [6.07, 6.45) is 0. The number of rotatable bonds is 3. The predicted octanol–water partition coefficient (Wildman–Crippen LogP) is -0.550. The summed E-state index contributed by atoms with van der Waals surface area (Å²) < 4.78 is 15.0. The van der Waals surface area contributed by atoms with E-state index in [1.165, 1.54) is 13.8 Å². The highest BCUT2D eigenvalue weighted by Crippen LogP contribution is 2.37. The van der Waals surface area contributed by atoms with Gasteiger partial charge in [0, 0.05) is 6.66 Å². The van der Waals surface area contributed by atoms with Crippen molar-refractivity contribution in [1.82, 2.24) is 0 Å². The second-order valence-electron chi connectivity index (χ2n) is 2.74. The Morgan fingerprint density at radius 2 is 2.00 bits per heavy atom. The van der Waals surface area contributed by atoms with Crippen molar-refractivity contribution in [2.24, 2.45) is 5.73 Å². The van der Waals surface area contributed by atoms with E-state index < -0.39 is 19.1 Å². The first-order valence-electron chi connectivity index (χ1n) is 2.94. The van der Waals surface area contributed by atoms with Crippen LogP contribution in [0.25, 0.3) is 0 Å². The van der Waals surface area contributed by atoms with Crippen LogP contribution in [0.15, 0.2) is 0 Å². The molecule has 0 saturated carbocycles. The van der Waals surface area contributed by atoms with E-state index in [0.29, 0.717) is 0 Å². The summed E-state index contributed by atoms with van der Waals surface area (Å²) in [5, 5.41) is 0. The summed E-state index contributed by atoms with van der Waals surface area (Å²) in [7, 11) is -3.89. The van der Waals surface area contributed by atoms with Gasteiger partial charge >= 0.3 is 0 Å². The lowest BCUT2D eigenvalue weighted by molar-refractivity contribution is -0.205. The molecule has 1 amide bonds. The van der Waals surface area contributed by atoms with E-state index in [-0.39, 0.29) is 0 Å². The van der Waals surface area contributed by atoms with Crippen molar-refractivity contribution in [2.45, 2.75) is 19.4 Å². The monoisotopic (exact) mass is 180 g/mol. The molecule has 0 aromatic rings. The number of hydrogen-bond acceptors (Lipinski definition) is 4. The Labute approximate surface area is 65.1 Å². The predicted molar refractivity (Wildman–Crippen MR) is 37.9 cm³/mol. The van der Waals surface area contributed by atoms with Crippen molar-refractivity contribution in [3.05, 3.63) is 0 Å². The Kier molecular flexibility index (Phi) is 2.83. The SMILES string of the molecule is CC(C)(OP(C)(=O)[O-])C(N)=O. The van der Waals surface area contributed by atoms with Gasteiger partial charge in [-0.15, -0.1) is 0 Å². The molecule has 0 heterocycles. The molecule has 1 unspecified atom stereocenters. The van der Waals surface area contributed by atoms with Crippen molar-refractivity contribution in [3.63, 3.8) is 0 Å². The lowest BCUT2D eigenvalue weighted by Gasteiger charge is -2.28. The molecule has 0 radical (unpaired) electrons. The molecule has 2 N–H and O–H groups in total. The van der Waals surface area contributed by atoms with Gasteiger partial charge in [0.15, 0.2) is 0 Å². The standard InChI is InChI=1S/C5H12NO4P/c1-5(2,4(6)7)10-11(3,8)9/h1-3H3,(H2,6,7)(H,8,9)/p-1. The van der Waals surface area contributed by atoms with Crippen LogP contribution in [0.1, 0.15) is 13.8 Å². The van der Waals surface area contributed by atoms with Gasteiger partial charge in [0.25, 0.3) is 0 Å². The van der Waals surface area contributed by atoms with Crippen LogP contribution in [-0.4, -0.2) is 18.2 Å². The molecule has 66 valence electrons. The number of amides is 1. The number of carbonyl (C=O) groups excluding carboxylic acids is 1. The fourth-order valence-electron chi connectivity index (χ4n) is 0.460. The molecule has 0 aliphatic heterocycles. The number of nitrogens with two attached hydrogens (primary N) is 1. The maximum atomic E-state index is 10.5. The number of hydrogen-bond donors (Lipinski definition) is 1. The van der Waals surface area contributed by atoms with Crippen LogP contribution in [0.2, 0.25) is 0 Å². The zero-order valence-electron chi connectivity index (χ0n) is 6.66. The van der Waals surface area contributed by atoms with E-state index >= 15 is 0 Å². The minimum Gasteiger partial charge on any atom is -0.779 e. The Balaban J connectivity index is 4.37. The largest absolute Gasteiger partial charge is 0.779 e. The van der Waals surface area contributed by atoms with Crippen LogP contribution >= 0.6 is 7.60 Å². The Morgan fingerprint density at radius 1 is 1.64 bits per heavy atom. The Hall–Kier alpha value is -0.380. The Morgan fingerprint density at radius 3 is 2.09 bits per heavy atom. The molecule has 1 atom stereocenters. The highest BCUT2D eigenvalue weighted by molar-refractivity contribution is 7.50. The molecule has 11 heavy (non-hydrogen) atoms. The van der Waals surface area contributed by atoms with E-state index in [9.17, 15) is 14.3 Å². The smallest absolute Gasteiger partial charge is 0.249 e. The molecule has 5 nitrogen and oxygen atoms in total. The molecule has 0 aromatic heterocycles. The summed E-state index contributed by atoms with van der Waals surface area (Å²) in [5.74, 6) is -0.810. The minimum absolute atomic E-state index is 0.810. The van der Waals surface area contributed by atoms with Gasteiger partial charge in [0.1, 0.15) is 13.2 Å². The van der Waals surface area contributed by atoms with Crippen LogP contribution < -0.4 is 10.6 Å². The topological polar surface area (TPSA) is 92.4 Å². The van der Waals surface area contributed by atoms with Gasteiger partial charge in [-0.1, -0.05) is 0 Å². The minimum atomic E-state index is -3.89. The van der Waals surface area contributed by atoms with Crippen LogP contribution in [0.4, 0.5) is 0 Å². The molecule has 0 aliphatic carbocycles. The van der Waals surface area contributed by atoms with Crippen molar-refractivity contribution in [3.8, 4) is 0 Å². The Bertz CT molecular complexity index is 207.